The Bertz CT molecular complexity index is 484. The zero-order valence-electron chi connectivity index (χ0n) is 10.1. The molecule has 0 radical (unpaired) electrons. The van der Waals surface area contributed by atoms with Crippen LogP contribution in [0.3, 0.4) is 0 Å². The largest absolute Gasteiger partial charge is 0.457 e. The lowest BCUT2D eigenvalue weighted by atomic mass is 9.98. The van der Waals surface area contributed by atoms with Gasteiger partial charge in [0, 0.05) is 0 Å². The van der Waals surface area contributed by atoms with Crippen LogP contribution in [0, 0.1) is 0 Å². The number of aliphatic hydroxyl groups is 1. The van der Waals surface area contributed by atoms with Gasteiger partial charge in [-0.05, 0) is 43.7 Å². The first kappa shape index (κ1) is 11.7. The molecule has 0 aliphatic rings. The van der Waals surface area contributed by atoms with E-state index in [1.807, 2.05) is 54.6 Å². The molecule has 0 heterocycles. The number of hydrogen-bond donors (Lipinski definition) is 1. The zero-order valence-corrected chi connectivity index (χ0v) is 10.1. The van der Waals surface area contributed by atoms with Crippen molar-refractivity contribution in [1.29, 1.82) is 0 Å². The molecule has 1 N–H and O–H groups in total. The van der Waals surface area contributed by atoms with Gasteiger partial charge in [0.15, 0.2) is 0 Å². The molecule has 0 bridgehead atoms. The van der Waals surface area contributed by atoms with Crippen LogP contribution in [-0.2, 0) is 5.60 Å². The summed E-state index contributed by atoms with van der Waals surface area (Å²) < 4.78 is 5.70. The van der Waals surface area contributed by atoms with Crippen LogP contribution in [0.2, 0.25) is 0 Å². The smallest absolute Gasteiger partial charge is 0.127 e. The van der Waals surface area contributed by atoms with Crippen molar-refractivity contribution in [2.75, 3.05) is 0 Å². The number of hydrogen-bond acceptors (Lipinski definition) is 2. The molecule has 0 aliphatic carbocycles. The standard InChI is InChI=1S/C15H16O2/c1-15(2,16)12-7-6-10-14(11-12)17-13-8-4-3-5-9-13/h3-11,16H,1-2H3. The van der Waals surface area contributed by atoms with Crippen molar-refractivity contribution >= 4 is 0 Å². The highest BCUT2D eigenvalue weighted by molar-refractivity contribution is 5.35. The highest BCUT2D eigenvalue weighted by atomic mass is 16.5. The van der Waals surface area contributed by atoms with Gasteiger partial charge < -0.3 is 9.84 Å². The van der Waals surface area contributed by atoms with Gasteiger partial charge in [-0.1, -0.05) is 30.3 Å². The minimum Gasteiger partial charge on any atom is -0.457 e. The molecule has 0 spiro atoms. The molecule has 88 valence electrons. The first-order chi connectivity index (χ1) is 8.05. The summed E-state index contributed by atoms with van der Waals surface area (Å²) in [6.45, 7) is 3.52. The highest BCUT2D eigenvalue weighted by Gasteiger charge is 2.16. The summed E-state index contributed by atoms with van der Waals surface area (Å²) >= 11 is 0. The highest BCUT2D eigenvalue weighted by Crippen LogP contribution is 2.26. The van der Waals surface area contributed by atoms with E-state index < -0.39 is 5.60 Å². The molecule has 2 aromatic carbocycles. The molecule has 0 fully saturated rings. The average Bonchev–Trinajstić information content (AvgIpc) is 2.29. The van der Waals surface area contributed by atoms with E-state index in [2.05, 4.69) is 0 Å². The Balaban J connectivity index is 2.23. The summed E-state index contributed by atoms with van der Waals surface area (Å²) in [6.07, 6.45) is 0. The number of benzene rings is 2. The van der Waals surface area contributed by atoms with Crippen molar-refractivity contribution in [2.24, 2.45) is 0 Å². The van der Waals surface area contributed by atoms with Crippen molar-refractivity contribution in [3.8, 4) is 11.5 Å². The molecule has 0 atom stereocenters. The normalized spacial score (nSPS) is 11.2. The van der Waals surface area contributed by atoms with Crippen LogP contribution in [0.4, 0.5) is 0 Å². The second-order valence-electron chi connectivity index (χ2n) is 4.50. The Hall–Kier alpha value is -1.80. The van der Waals surface area contributed by atoms with Crippen molar-refractivity contribution < 1.29 is 9.84 Å². The summed E-state index contributed by atoms with van der Waals surface area (Å²) in [4.78, 5) is 0. The Morgan fingerprint density at radius 3 is 2.18 bits per heavy atom. The van der Waals surface area contributed by atoms with Crippen LogP contribution < -0.4 is 4.74 Å². The van der Waals surface area contributed by atoms with Crippen molar-refractivity contribution in [2.45, 2.75) is 19.4 Å². The summed E-state index contributed by atoms with van der Waals surface area (Å²) in [6, 6.07) is 17.1. The third kappa shape index (κ3) is 3.08. The quantitative estimate of drug-likeness (QED) is 0.867. The Kier molecular flexibility index (Phi) is 3.16. The van der Waals surface area contributed by atoms with Crippen LogP contribution in [0.1, 0.15) is 19.4 Å². The van der Waals surface area contributed by atoms with Gasteiger partial charge in [0.05, 0.1) is 5.60 Å². The molecule has 2 aromatic rings. The Labute approximate surface area is 101 Å². The SMILES string of the molecule is CC(C)(O)c1cccc(Oc2ccccc2)c1. The number of rotatable bonds is 3. The van der Waals surface area contributed by atoms with Crippen LogP contribution >= 0.6 is 0 Å². The molecule has 0 aromatic heterocycles. The summed E-state index contributed by atoms with van der Waals surface area (Å²) in [7, 11) is 0. The fourth-order valence-corrected chi connectivity index (χ4v) is 1.56. The van der Waals surface area contributed by atoms with E-state index in [1.54, 1.807) is 13.8 Å². The maximum absolute atomic E-state index is 9.92. The van der Waals surface area contributed by atoms with Crippen LogP contribution in [0.25, 0.3) is 0 Å². The van der Waals surface area contributed by atoms with Gasteiger partial charge in [0.2, 0.25) is 0 Å². The first-order valence-corrected chi connectivity index (χ1v) is 5.61. The third-order valence-corrected chi connectivity index (χ3v) is 2.52. The minimum atomic E-state index is -0.851. The fourth-order valence-electron chi connectivity index (χ4n) is 1.56. The van der Waals surface area contributed by atoms with Crippen molar-refractivity contribution in [1.82, 2.24) is 0 Å². The van der Waals surface area contributed by atoms with Crippen molar-refractivity contribution in [3.63, 3.8) is 0 Å². The molecular formula is C15H16O2. The van der Waals surface area contributed by atoms with E-state index in [1.165, 1.54) is 0 Å². The summed E-state index contributed by atoms with van der Waals surface area (Å²) in [5.41, 5.74) is -0.0123. The molecule has 0 saturated heterocycles. The van der Waals surface area contributed by atoms with Crippen LogP contribution in [0.5, 0.6) is 11.5 Å². The molecule has 2 rings (SSSR count). The van der Waals surface area contributed by atoms with Gasteiger partial charge in [-0.3, -0.25) is 0 Å². The van der Waals surface area contributed by atoms with E-state index >= 15 is 0 Å². The van der Waals surface area contributed by atoms with E-state index in [0.717, 1.165) is 17.1 Å². The van der Waals surface area contributed by atoms with Gasteiger partial charge in [0.1, 0.15) is 11.5 Å². The predicted molar refractivity (Wildman–Crippen MR) is 68.2 cm³/mol. The third-order valence-electron chi connectivity index (χ3n) is 2.52. The van der Waals surface area contributed by atoms with Gasteiger partial charge in [-0.25, -0.2) is 0 Å². The van der Waals surface area contributed by atoms with E-state index in [9.17, 15) is 5.11 Å². The van der Waals surface area contributed by atoms with Crippen LogP contribution in [-0.4, -0.2) is 5.11 Å². The van der Waals surface area contributed by atoms with E-state index in [-0.39, 0.29) is 0 Å². The summed E-state index contributed by atoms with van der Waals surface area (Å²) in [5, 5.41) is 9.92. The molecule has 0 aliphatic heterocycles. The molecule has 2 heteroatoms. The molecule has 0 unspecified atom stereocenters. The molecule has 0 amide bonds. The number of ether oxygens (including phenoxy) is 1. The maximum Gasteiger partial charge on any atom is 0.127 e. The minimum absolute atomic E-state index is 0.732. The molecular weight excluding hydrogens is 212 g/mol. The second kappa shape index (κ2) is 4.60. The Morgan fingerprint density at radius 1 is 0.882 bits per heavy atom. The maximum atomic E-state index is 9.92. The predicted octanol–water partition coefficient (Wildman–Crippen LogP) is 3.71. The summed E-state index contributed by atoms with van der Waals surface area (Å²) in [5.74, 6) is 1.52. The lowest BCUT2D eigenvalue weighted by Crippen LogP contribution is -2.15. The van der Waals surface area contributed by atoms with E-state index in [0.29, 0.717) is 0 Å². The fraction of sp³-hybridized carbons (Fsp3) is 0.200. The zero-order chi connectivity index (χ0) is 12.3. The van der Waals surface area contributed by atoms with Gasteiger partial charge in [-0.2, -0.15) is 0 Å². The van der Waals surface area contributed by atoms with Gasteiger partial charge in [0.25, 0.3) is 0 Å². The Morgan fingerprint density at radius 2 is 1.53 bits per heavy atom. The average molecular weight is 228 g/mol. The van der Waals surface area contributed by atoms with Gasteiger partial charge in [-0.15, -0.1) is 0 Å². The van der Waals surface area contributed by atoms with Crippen LogP contribution in [0.15, 0.2) is 54.6 Å². The lowest BCUT2D eigenvalue weighted by molar-refractivity contribution is 0.0784. The topological polar surface area (TPSA) is 29.5 Å². The monoisotopic (exact) mass is 228 g/mol. The first-order valence-electron chi connectivity index (χ1n) is 5.61. The lowest BCUT2D eigenvalue weighted by Gasteiger charge is -2.18. The molecule has 2 nitrogen and oxygen atoms in total. The van der Waals surface area contributed by atoms with Gasteiger partial charge >= 0.3 is 0 Å². The molecule has 17 heavy (non-hydrogen) atoms. The van der Waals surface area contributed by atoms with Crippen molar-refractivity contribution in [3.05, 3.63) is 60.2 Å². The molecule has 0 saturated carbocycles. The number of para-hydroxylation sites is 1. The van der Waals surface area contributed by atoms with E-state index in [4.69, 9.17) is 4.74 Å². The second-order valence-corrected chi connectivity index (χ2v) is 4.50.